The van der Waals surface area contributed by atoms with Gasteiger partial charge in [-0.05, 0) is 11.6 Å². The Hall–Kier alpha value is -0.650. The van der Waals surface area contributed by atoms with Crippen LogP contribution in [0.2, 0.25) is 10.4 Å². The van der Waals surface area contributed by atoms with E-state index in [1.165, 1.54) is 11.3 Å². The zero-order valence-corrected chi connectivity index (χ0v) is 8.83. The van der Waals surface area contributed by atoms with Crippen molar-refractivity contribution in [2.45, 2.75) is 0 Å². The van der Waals surface area contributed by atoms with Gasteiger partial charge in [0.2, 0.25) is 5.28 Å². The van der Waals surface area contributed by atoms with E-state index in [9.17, 15) is 0 Å². The second-order valence-corrected chi connectivity index (χ2v) is 3.90. The monoisotopic (exact) mass is 234 g/mol. The number of nitrogens with zero attached hydrogens (tertiary/aromatic N) is 3. The van der Waals surface area contributed by atoms with Crippen molar-refractivity contribution >= 4 is 50.0 Å². The molecule has 0 bridgehead atoms. The lowest BCUT2D eigenvalue weighted by Gasteiger charge is -1.90. The molecule has 2 aromatic heterocycles. The molecule has 2 aromatic rings. The van der Waals surface area contributed by atoms with Gasteiger partial charge in [-0.25, -0.2) is 4.98 Å². The van der Waals surface area contributed by atoms with Crippen LogP contribution < -0.4 is 5.32 Å². The smallest absolute Gasteiger partial charge is 0.225 e. The van der Waals surface area contributed by atoms with Crippen LogP contribution in [0.4, 0.5) is 5.13 Å². The van der Waals surface area contributed by atoms with Gasteiger partial charge in [-0.3, -0.25) is 0 Å². The average molecular weight is 235 g/mol. The molecule has 0 amide bonds. The molecule has 0 atom stereocenters. The molecule has 13 heavy (non-hydrogen) atoms. The van der Waals surface area contributed by atoms with Crippen LogP contribution in [-0.2, 0) is 0 Å². The zero-order chi connectivity index (χ0) is 9.42. The number of aromatic nitrogens is 3. The Morgan fingerprint density at radius 3 is 2.69 bits per heavy atom. The predicted molar refractivity (Wildman–Crippen MR) is 54.8 cm³/mol. The molecule has 0 spiro atoms. The number of nitrogens with one attached hydrogen (secondary N) is 1. The molecule has 68 valence electrons. The molecule has 7 heteroatoms. The van der Waals surface area contributed by atoms with Gasteiger partial charge in [0.05, 0.1) is 0 Å². The minimum Gasteiger partial charge on any atom is -0.365 e. The normalized spacial score (nSPS) is 10.7. The third-order valence-corrected chi connectivity index (χ3v) is 3.02. The van der Waals surface area contributed by atoms with E-state index in [2.05, 4.69) is 20.3 Å². The van der Waals surface area contributed by atoms with Crippen molar-refractivity contribution in [2.24, 2.45) is 0 Å². The number of halogens is 2. The molecule has 0 aliphatic rings. The van der Waals surface area contributed by atoms with Crippen LogP contribution in [0.1, 0.15) is 0 Å². The highest BCUT2D eigenvalue weighted by Crippen LogP contribution is 2.30. The van der Waals surface area contributed by atoms with Gasteiger partial charge < -0.3 is 5.32 Å². The second-order valence-electron chi connectivity index (χ2n) is 2.21. The highest BCUT2D eigenvalue weighted by molar-refractivity contribution is 7.22. The summed E-state index contributed by atoms with van der Waals surface area (Å²) in [6.07, 6.45) is 0. The van der Waals surface area contributed by atoms with Gasteiger partial charge in [0, 0.05) is 7.05 Å². The van der Waals surface area contributed by atoms with Gasteiger partial charge in [-0.2, -0.15) is 9.97 Å². The highest BCUT2D eigenvalue weighted by Gasteiger charge is 2.09. The molecular weight excluding hydrogens is 231 g/mol. The van der Waals surface area contributed by atoms with Crippen LogP contribution >= 0.6 is 34.5 Å². The zero-order valence-electron chi connectivity index (χ0n) is 6.51. The predicted octanol–water partition coefficient (Wildman–Crippen LogP) is 2.43. The number of thiazole rings is 1. The first-order valence-electron chi connectivity index (χ1n) is 3.38. The number of hydrogen-bond donors (Lipinski definition) is 1. The fraction of sp³-hybridized carbons (Fsp3) is 0.167. The first-order chi connectivity index (χ1) is 6.20. The highest BCUT2D eigenvalue weighted by atomic mass is 35.5. The minimum absolute atomic E-state index is 0.116. The number of hydrogen-bond acceptors (Lipinski definition) is 5. The van der Waals surface area contributed by atoms with Crippen LogP contribution in [0.15, 0.2) is 0 Å². The summed E-state index contributed by atoms with van der Waals surface area (Å²) in [4.78, 5) is 11.9. The van der Waals surface area contributed by atoms with Crippen molar-refractivity contribution in [2.75, 3.05) is 12.4 Å². The summed E-state index contributed by atoms with van der Waals surface area (Å²) in [5.41, 5.74) is 0.527. The molecule has 2 heterocycles. The molecule has 0 aliphatic heterocycles. The lowest BCUT2D eigenvalue weighted by atomic mass is 10.6. The molecule has 0 radical (unpaired) electrons. The molecule has 0 saturated heterocycles. The Morgan fingerprint density at radius 1 is 1.23 bits per heavy atom. The SMILES string of the molecule is CNc1nc2nc(Cl)nc(Cl)c2s1. The maximum absolute atomic E-state index is 5.84. The molecule has 0 saturated carbocycles. The van der Waals surface area contributed by atoms with Crippen LogP contribution in [0.25, 0.3) is 10.3 Å². The minimum atomic E-state index is 0.116. The van der Waals surface area contributed by atoms with Crippen LogP contribution in [0, 0.1) is 0 Å². The van der Waals surface area contributed by atoms with Gasteiger partial charge in [-0.1, -0.05) is 22.9 Å². The summed E-state index contributed by atoms with van der Waals surface area (Å²) >= 11 is 12.8. The molecule has 0 aliphatic carbocycles. The molecule has 0 unspecified atom stereocenters. The van der Waals surface area contributed by atoms with Crippen LogP contribution in [0.3, 0.4) is 0 Å². The Bertz CT molecular complexity index is 455. The molecule has 2 rings (SSSR count). The lowest BCUT2D eigenvalue weighted by Crippen LogP contribution is -1.86. The largest absolute Gasteiger partial charge is 0.365 e. The van der Waals surface area contributed by atoms with Gasteiger partial charge in [-0.15, -0.1) is 0 Å². The number of fused-ring (bicyclic) bond motifs is 1. The third-order valence-electron chi connectivity index (χ3n) is 1.40. The molecule has 0 fully saturated rings. The van der Waals surface area contributed by atoms with E-state index in [1.54, 1.807) is 7.05 Å². The first-order valence-corrected chi connectivity index (χ1v) is 4.95. The standard InChI is InChI=1S/C6H4Cl2N4S/c1-9-6-12-4-2(13-6)3(7)10-5(8)11-4/h1H3,(H,9,10,11,12). The van der Waals surface area contributed by atoms with Gasteiger partial charge in [0.25, 0.3) is 0 Å². The van der Waals surface area contributed by atoms with Gasteiger partial charge in [0.1, 0.15) is 4.70 Å². The number of rotatable bonds is 1. The van der Waals surface area contributed by atoms with E-state index in [4.69, 9.17) is 23.2 Å². The number of anilines is 1. The van der Waals surface area contributed by atoms with E-state index < -0.39 is 0 Å². The van der Waals surface area contributed by atoms with Crippen molar-refractivity contribution in [3.8, 4) is 0 Å². The quantitative estimate of drug-likeness (QED) is 0.609. The fourth-order valence-corrected chi connectivity index (χ4v) is 2.10. The lowest BCUT2D eigenvalue weighted by molar-refractivity contribution is 1.20. The molecule has 1 N–H and O–H groups in total. The summed E-state index contributed by atoms with van der Waals surface area (Å²) in [5.74, 6) is 0. The van der Waals surface area contributed by atoms with Crippen LogP contribution in [0.5, 0.6) is 0 Å². The summed E-state index contributed by atoms with van der Waals surface area (Å²) < 4.78 is 0.746. The van der Waals surface area contributed by atoms with Crippen molar-refractivity contribution in [3.63, 3.8) is 0 Å². The molecular formula is C6H4Cl2N4S. The van der Waals surface area contributed by atoms with Gasteiger partial charge in [0.15, 0.2) is 15.9 Å². The molecule has 0 aromatic carbocycles. The third kappa shape index (κ3) is 1.54. The Labute approximate surface area is 87.9 Å². The van der Waals surface area contributed by atoms with Crippen molar-refractivity contribution in [3.05, 3.63) is 10.4 Å². The maximum Gasteiger partial charge on any atom is 0.225 e. The van der Waals surface area contributed by atoms with Crippen molar-refractivity contribution in [1.29, 1.82) is 0 Å². The van der Waals surface area contributed by atoms with Crippen molar-refractivity contribution in [1.82, 2.24) is 15.0 Å². The Morgan fingerprint density at radius 2 is 2.00 bits per heavy atom. The second kappa shape index (κ2) is 3.25. The molecule has 4 nitrogen and oxygen atoms in total. The Kier molecular flexibility index (Phi) is 2.23. The van der Waals surface area contributed by atoms with Gasteiger partial charge >= 0.3 is 0 Å². The van der Waals surface area contributed by atoms with E-state index in [1.807, 2.05) is 0 Å². The average Bonchev–Trinajstić information content (AvgIpc) is 2.47. The summed E-state index contributed by atoms with van der Waals surface area (Å²) in [5, 5.41) is 4.10. The van der Waals surface area contributed by atoms with E-state index in [0.29, 0.717) is 10.8 Å². The van der Waals surface area contributed by atoms with Crippen LogP contribution in [-0.4, -0.2) is 22.0 Å². The van der Waals surface area contributed by atoms with Crippen molar-refractivity contribution < 1.29 is 0 Å². The summed E-state index contributed by atoms with van der Waals surface area (Å²) in [7, 11) is 1.78. The summed E-state index contributed by atoms with van der Waals surface area (Å²) in [6, 6.07) is 0. The maximum atomic E-state index is 5.84. The van der Waals surface area contributed by atoms with E-state index in [-0.39, 0.29) is 5.28 Å². The fourth-order valence-electron chi connectivity index (χ4n) is 0.873. The summed E-state index contributed by atoms with van der Waals surface area (Å²) in [6.45, 7) is 0. The topological polar surface area (TPSA) is 50.7 Å². The Balaban J connectivity index is 2.75. The first kappa shape index (κ1) is 8.93. The van der Waals surface area contributed by atoms with E-state index >= 15 is 0 Å². The van der Waals surface area contributed by atoms with E-state index in [0.717, 1.165) is 9.83 Å².